The van der Waals surface area contributed by atoms with Gasteiger partial charge in [-0.2, -0.15) is 0 Å². The zero-order valence-electron chi connectivity index (χ0n) is 4.83. The normalized spacial score (nSPS) is 7.75. The van der Waals surface area contributed by atoms with Gasteiger partial charge in [0.15, 0.2) is 0 Å². The molecule has 0 rings (SSSR count). The van der Waals surface area contributed by atoms with Gasteiger partial charge < -0.3 is 10.3 Å². The Morgan fingerprint density at radius 2 is 1.88 bits per heavy atom. The van der Waals surface area contributed by atoms with Crippen LogP contribution in [0.3, 0.4) is 0 Å². The summed E-state index contributed by atoms with van der Waals surface area (Å²) in [5, 5.41) is 17.5. The Hall–Kier alpha value is -1.06. The van der Waals surface area contributed by atoms with Crippen molar-refractivity contribution in [1.82, 2.24) is 0 Å². The van der Waals surface area contributed by atoms with Crippen LogP contribution in [0.25, 0.3) is 0 Å². The van der Waals surface area contributed by atoms with Gasteiger partial charge in [-0.25, -0.2) is 0 Å². The van der Waals surface area contributed by atoms with Crippen molar-refractivity contribution >= 4 is 12.2 Å². The molecule has 4 nitrogen and oxygen atoms in total. The van der Waals surface area contributed by atoms with E-state index in [1.165, 1.54) is 6.21 Å². The van der Waals surface area contributed by atoms with Gasteiger partial charge in [0.25, 0.3) is 5.97 Å². The third-order valence-electron chi connectivity index (χ3n) is 0.115. The number of oxime groups is 1. The first-order chi connectivity index (χ1) is 3.65. The van der Waals surface area contributed by atoms with Crippen LogP contribution in [0.4, 0.5) is 0 Å². The predicted molar refractivity (Wildman–Crippen MR) is 29.3 cm³/mol. The summed E-state index contributed by atoms with van der Waals surface area (Å²) < 4.78 is 0. The van der Waals surface area contributed by atoms with Gasteiger partial charge in [0.05, 0.1) is 0 Å². The molecule has 0 aromatic carbocycles. The Morgan fingerprint density at radius 1 is 1.75 bits per heavy atom. The van der Waals surface area contributed by atoms with E-state index >= 15 is 0 Å². The summed E-state index contributed by atoms with van der Waals surface area (Å²) in [4.78, 5) is 9.00. The second-order valence-electron chi connectivity index (χ2n) is 0.893. The van der Waals surface area contributed by atoms with Crippen molar-refractivity contribution in [3.05, 3.63) is 0 Å². The smallest absolute Gasteiger partial charge is 0.300 e. The minimum absolute atomic E-state index is 0.833. The minimum atomic E-state index is -0.833. The SMILES string of the molecule is CC(=O)O.CC=NO. The molecule has 0 atom stereocenters. The van der Waals surface area contributed by atoms with E-state index in [0.717, 1.165) is 6.92 Å². The lowest BCUT2D eigenvalue weighted by Crippen LogP contribution is -1.78. The number of carboxylic acid groups (broad SMARTS) is 1. The van der Waals surface area contributed by atoms with E-state index in [2.05, 4.69) is 5.16 Å². The highest BCUT2D eigenvalue weighted by atomic mass is 16.4. The average Bonchev–Trinajstić information content (AvgIpc) is 1.65. The second-order valence-corrected chi connectivity index (χ2v) is 0.893. The molecule has 0 aromatic heterocycles. The van der Waals surface area contributed by atoms with Gasteiger partial charge >= 0.3 is 0 Å². The molecule has 0 aromatic rings. The fraction of sp³-hybridized carbons (Fsp3) is 0.500. The van der Waals surface area contributed by atoms with E-state index < -0.39 is 5.97 Å². The molecule has 0 aliphatic rings. The number of rotatable bonds is 0. The van der Waals surface area contributed by atoms with Gasteiger partial charge in [0, 0.05) is 13.1 Å². The van der Waals surface area contributed by atoms with Crippen molar-refractivity contribution in [1.29, 1.82) is 0 Å². The first kappa shape index (κ1) is 10.0. The van der Waals surface area contributed by atoms with Crippen molar-refractivity contribution in [3.8, 4) is 0 Å². The molecular weight excluding hydrogens is 110 g/mol. The topological polar surface area (TPSA) is 69.9 Å². The molecule has 0 fully saturated rings. The lowest BCUT2D eigenvalue weighted by Gasteiger charge is -1.59. The van der Waals surface area contributed by atoms with Crippen LogP contribution in [-0.2, 0) is 4.79 Å². The molecule has 2 N–H and O–H groups in total. The van der Waals surface area contributed by atoms with Crippen molar-refractivity contribution in [2.24, 2.45) is 5.16 Å². The number of hydrogen-bond donors (Lipinski definition) is 2. The minimum Gasteiger partial charge on any atom is -0.481 e. The third-order valence-corrected chi connectivity index (χ3v) is 0.115. The summed E-state index contributed by atoms with van der Waals surface area (Å²) in [6.07, 6.45) is 1.31. The number of nitrogens with zero attached hydrogens (tertiary/aromatic N) is 1. The van der Waals surface area contributed by atoms with Crippen LogP contribution in [0.2, 0.25) is 0 Å². The largest absolute Gasteiger partial charge is 0.481 e. The third kappa shape index (κ3) is 21300. The van der Waals surface area contributed by atoms with Gasteiger partial charge in [-0.05, 0) is 6.92 Å². The van der Waals surface area contributed by atoms with E-state index in [-0.39, 0.29) is 0 Å². The maximum atomic E-state index is 9.00. The first-order valence-electron chi connectivity index (χ1n) is 1.96. The lowest BCUT2D eigenvalue weighted by molar-refractivity contribution is -0.134. The van der Waals surface area contributed by atoms with Gasteiger partial charge in [0.1, 0.15) is 0 Å². The quantitative estimate of drug-likeness (QED) is 0.278. The monoisotopic (exact) mass is 119 g/mol. The summed E-state index contributed by atoms with van der Waals surface area (Å²) in [5.41, 5.74) is 0. The van der Waals surface area contributed by atoms with Crippen LogP contribution in [0, 0.1) is 0 Å². The van der Waals surface area contributed by atoms with E-state index in [0.29, 0.717) is 0 Å². The van der Waals surface area contributed by atoms with Gasteiger partial charge in [-0.3, -0.25) is 4.79 Å². The summed E-state index contributed by atoms with van der Waals surface area (Å²) in [5.74, 6) is -0.833. The van der Waals surface area contributed by atoms with Crippen molar-refractivity contribution in [3.63, 3.8) is 0 Å². The fourth-order valence-corrected chi connectivity index (χ4v) is 0. The van der Waals surface area contributed by atoms with Crippen LogP contribution in [0.1, 0.15) is 13.8 Å². The predicted octanol–water partition coefficient (Wildman–Crippen LogP) is 0.557. The summed E-state index contributed by atoms with van der Waals surface area (Å²) in [7, 11) is 0. The number of carbonyl (C=O) groups is 1. The highest BCUT2D eigenvalue weighted by Crippen LogP contribution is 1.42. The van der Waals surface area contributed by atoms with Crippen LogP contribution in [0.15, 0.2) is 5.16 Å². The number of carboxylic acids is 1. The molecule has 0 unspecified atom stereocenters. The van der Waals surface area contributed by atoms with Gasteiger partial charge in [-0.15, -0.1) is 5.16 Å². The molecule has 4 heteroatoms. The van der Waals surface area contributed by atoms with Crippen LogP contribution in [0.5, 0.6) is 0 Å². The molecule has 0 heterocycles. The highest BCUT2D eigenvalue weighted by molar-refractivity contribution is 5.62. The van der Waals surface area contributed by atoms with E-state index in [9.17, 15) is 0 Å². The first-order valence-corrected chi connectivity index (χ1v) is 1.96. The molecule has 8 heavy (non-hydrogen) atoms. The Balaban J connectivity index is 0. The van der Waals surface area contributed by atoms with E-state index in [1.54, 1.807) is 6.92 Å². The molecular formula is C4H9NO3. The Kier molecular flexibility index (Phi) is 11.7. The highest BCUT2D eigenvalue weighted by Gasteiger charge is 1.65. The van der Waals surface area contributed by atoms with Crippen LogP contribution in [-0.4, -0.2) is 22.5 Å². The Bertz CT molecular complexity index is 71.4. The van der Waals surface area contributed by atoms with Crippen LogP contribution >= 0.6 is 0 Å². The Morgan fingerprint density at radius 3 is 1.88 bits per heavy atom. The van der Waals surface area contributed by atoms with Gasteiger partial charge in [-0.1, -0.05) is 0 Å². The summed E-state index contributed by atoms with van der Waals surface area (Å²) >= 11 is 0. The molecule has 0 saturated heterocycles. The zero-order valence-corrected chi connectivity index (χ0v) is 4.83. The average molecular weight is 119 g/mol. The fourth-order valence-electron chi connectivity index (χ4n) is 0. The molecule has 48 valence electrons. The molecule has 0 amide bonds. The lowest BCUT2D eigenvalue weighted by atomic mass is 10.9. The van der Waals surface area contributed by atoms with Crippen molar-refractivity contribution < 1.29 is 15.1 Å². The number of aliphatic carboxylic acids is 1. The van der Waals surface area contributed by atoms with E-state index in [1.807, 2.05) is 0 Å². The van der Waals surface area contributed by atoms with Crippen molar-refractivity contribution in [2.45, 2.75) is 13.8 Å². The summed E-state index contributed by atoms with van der Waals surface area (Å²) in [6, 6.07) is 0. The van der Waals surface area contributed by atoms with Crippen LogP contribution < -0.4 is 0 Å². The standard InChI is InChI=1S/C2H5NO.C2H4O2/c1-2-3-4;1-2(3)4/h2,4H,1H3;1H3,(H,3,4). The molecule has 0 bridgehead atoms. The summed E-state index contributed by atoms with van der Waals surface area (Å²) in [6.45, 7) is 2.72. The maximum Gasteiger partial charge on any atom is 0.300 e. The number of hydrogen-bond acceptors (Lipinski definition) is 3. The second kappa shape index (κ2) is 9.34. The zero-order chi connectivity index (χ0) is 6.99. The molecule has 0 saturated carbocycles. The van der Waals surface area contributed by atoms with Crippen molar-refractivity contribution in [2.75, 3.05) is 0 Å². The molecule has 0 spiro atoms. The maximum absolute atomic E-state index is 9.00. The van der Waals surface area contributed by atoms with Gasteiger partial charge in [0.2, 0.25) is 0 Å². The molecule has 0 radical (unpaired) electrons. The Labute approximate surface area is 47.4 Å². The molecule has 0 aliphatic carbocycles. The molecule has 0 aliphatic heterocycles. The van der Waals surface area contributed by atoms with E-state index in [4.69, 9.17) is 15.1 Å².